The van der Waals surface area contributed by atoms with E-state index in [4.69, 9.17) is 0 Å². The number of hydrogen-bond acceptors (Lipinski definition) is 4. The second kappa shape index (κ2) is 4.06. The summed E-state index contributed by atoms with van der Waals surface area (Å²) in [6, 6.07) is 0.117. The molecule has 5 nitrogen and oxygen atoms in total. The van der Waals surface area contributed by atoms with Crippen molar-refractivity contribution in [1.82, 2.24) is 20.5 Å². The van der Waals surface area contributed by atoms with Crippen molar-refractivity contribution in [3.05, 3.63) is 11.6 Å². The van der Waals surface area contributed by atoms with E-state index in [0.29, 0.717) is 13.0 Å². The summed E-state index contributed by atoms with van der Waals surface area (Å²) in [5, 5.41) is 19.6. The van der Waals surface area contributed by atoms with Crippen LogP contribution in [0.25, 0.3) is 0 Å². The summed E-state index contributed by atoms with van der Waals surface area (Å²) in [5.74, 6) is 1.72. The van der Waals surface area contributed by atoms with E-state index in [1.165, 1.54) is 0 Å². The van der Waals surface area contributed by atoms with E-state index in [1.54, 1.807) is 0 Å². The molecule has 0 bridgehead atoms. The molecule has 1 aliphatic heterocycles. The van der Waals surface area contributed by atoms with Crippen LogP contribution in [0.1, 0.15) is 37.5 Å². The Morgan fingerprint density at radius 3 is 3.07 bits per heavy atom. The SMILES string of the molecule is CCCc1nc([C@H]2C[C@@H](O)CN2)n[nH]1. The number of hydrogen-bond donors (Lipinski definition) is 3. The topological polar surface area (TPSA) is 73.8 Å². The first-order valence-corrected chi connectivity index (χ1v) is 5.12. The maximum atomic E-state index is 9.34. The minimum atomic E-state index is -0.256. The molecule has 1 saturated heterocycles. The molecule has 2 heterocycles. The highest BCUT2D eigenvalue weighted by molar-refractivity contribution is 5.00. The van der Waals surface area contributed by atoms with Gasteiger partial charge in [0, 0.05) is 13.0 Å². The first-order valence-electron chi connectivity index (χ1n) is 5.12. The van der Waals surface area contributed by atoms with Crippen molar-refractivity contribution in [2.75, 3.05) is 6.54 Å². The number of H-pyrrole nitrogens is 1. The zero-order chi connectivity index (χ0) is 9.97. The predicted molar refractivity (Wildman–Crippen MR) is 51.7 cm³/mol. The molecule has 5 heteroatoms. The third-order valence-corrected chi connectivity index (χ3v) is 2.46. The number of aliphatic hydroxyl groups excluding tert-OH is 1. The number of nitrogens with one attached hydrogen (secondary N) is 2. The number of β-amino-alcohol motifs (C(OH)–C–C–N with tert-alkyl or cyclic N) is 1. The monoisotopic (exact) mass is 196 g/mol. The number of nitrogens with zero attached hydrogens (tertiary/aromatic N) is 2. The van der Waals surface area contributed by atoms with Gasteiger partial charge >= 0.3 is 0 Å². The zero-order valence-corrected chi connectivity index (χ0v) is 8.32. The van der Waals surface area contributed by atoms with Gasteiger partial charge in [-0.3, -0.25) is 5.10 Å². The van der Waals surface area contributed by atoms with Crippen molar-refractivity contribution in [1.29, 1.82) is 0 Å². The van der Waals surface area contributed by atoms with Gasteiger partial charge in [0.05, 0.1) is 12.1 Å². The highest BCUT2D eigenvalue weighted by Crippen LogP contribution is 2.19. The lowest BCUT2D eigenvalue weighted by Gasteiger charge is -2.02. The van der Waals surface area contributed by atoms with Crippen molar-refractivity contribution in [2.24, 2.45) is 0 Å². The first-order chi connectivity index (χ1) is 6.79. The number of aliphatic hydroxyl groups is 1. The average molecular weight is 196 g/mol. The van der Waals surface area contributed by atoms with E-state index in [0.717, 1.165) is 24.5 Å². The lowest BCUT2D eigenvalue weighted by Crippen LogP contribution is -2.15. The average Bonchev–Trinajstić information content (AvgIpc) is 2.74. The van der Waals surface area contributed by atoms with E-state index in [-0.39, 0.29) is 12.1 Å². The molecule has 1 aromatic heterocycles. The fraction of sp³-hybridized carbons (Fsp3) is 0.778. The molecule has 2 rings (SSSR count). The number of aromatic nitrogens is 3. The summed E-state index contributed by atoms with van der Waals surface area (Å²) < 4.78 is 0. The maximum absolute atomic E-state index is 9.34. The molecule has 0 saturated carbocycles. The zero-order valence-electron chi connectivity index (χ0n) is 8.32. The van der Waals surface area contributed by atoms with Crippen LogP contribution in [0.2, 0.25) is 0 Å². The summed E-state index contributed by atoms with van der Waals surface area (Å²) >= 11 is 0. The second-order valence-electron chi connectivity index (χ2n) is 3.74. The van der Waals surface area contributed by atoms with Gasteiger partial charge in [-0.15, -0.1) is 0 Å². The molecule has 78 valence electrons. The molecule has 0 aromatic carbocycles. The Hall–Kier alpha value is -0.940. The normalized spacial score (nSPS) is 27.0. The highest BCUT2D eigenvalue weighted by Gasteiger charge is 2.26. The second-order valence-corrected chi connectivity index (χ2v) is 3.74. The van der Waals surface area contributed by atoms with Gasteiger partial charge in [-0.05, 0) is 12.8 Å². The van der Waals surface area contributed by atoms with E-state index in [9.17, 15) is 5.11 Å². The van der Waals surface area contributed by atoms with E-state index in [1.807, 2.05) is 0 Å². The van der Waals surface area contributed by atoms with E-state index in [2.05, 4.69) is 27.4 Å². The van der Waals surface area contributed by atoms with E-state index >= 15 is 0 Å². The van der Waals surface area contributed by atoms with Gasteiger partial charge in [-0.2, -0.15) is 5.10 Å². The van der Waals surface area contributed by atoms with Crippen LogP contribution in [0, 0.1) is 0 Å². The van der Waals surface area contributed by atoms with Crippen molar-refractivity contribution >= 4 is 0 Å². The molecule has 0 unspecified atom stereocenters. The number of rotatable bonds is 3. The number of aryl methyl sites for hydroxylation is 1. The van der Waals surface area contributed by atoms with Crippen LogP contribution in [0.4, 0.5) is 0 Å². The molecule has 0 amide bonds. The Morgan fingerprint density at radius 1 is 1.57 bits per heavy atom. The smallest absolute Gasteiger partial charge is 0.167 e. The van der Waals surface area contributed by atoms with Gasteiger partial charge in [-0.25, -0.2) is 4.98 Å². The summed E-state index contributed by atoms with van der Waals surface area (Å²) in [6.07, 6.45) is 2.45. The minimum absolute atomic E-state index is 0.117. The van der Waals surface area contributed by atoms with Crippen molar-refractivity contribution < 1.29 is 5.11 Å². The van der Waals surface area contributed by atoms with Crippen molar-refractivity contribution in [2.45, 2.75) is 38.3 Å². The molecule has 3 N–H and O–H groups in total. The molecule has 1 fully saturated rings. The lowest BCUT2D eigenvalue weighted by atomic mass is 10.2. The standard InChI is InChI=1S/C9H16N4O/c1-2-3-8-11-9(13-12-8)7-4-6(14)5-10-7/h6-7,10,14H,2-5H2,1H3,(H,11,12,13)/t6-,7-/m1/s1. The number of aromatic amines is 1. The third kappa shape index (κ3) is 1.93. The van der Waals surface area contributed by atoms with Gasteiger partial charge in [0.25, 0.3) is 0 Å². The largest absolute Gasteiger partial charge is 0.392 e. The highest BCUT2D eigenvalue weighted by atomic mass is 16.3. The predicted octanol–water partition coefficient (Wildman–Crippen LogP) is 0.152. The molecule has 14 heavy (non-hydrogen) atoms. The van der Waals surface area contributed by atoms with E-state index < -0.39 is 0 Å². The van der Waals surface area contributed by atoms with Gasteiger partial charge in [-0.1, -0.05) is 6.92 Å². The molecule has 0 radical (unpaired) electrons. The molecule has 1 aliphatic rings. The first kappa shape index (κ1) is 9.61. The van der Waals surface area contributed by atoms with Crippen LogP contribution in [-0.4, -0.2) is 32.9 Å². The lowest BCUT2D eigenvalue weighted by molar-refractivity contribution is 0.193. The Labute approximate surface area is 82.9 Å². The third-order valence-electron chi connectivity index (χ3n) is 2.46. The molecule has 0 spiro atoms. The van der Waals surface area contributed by atoms with Crippen LogP contribution in [0.15, 0.2) is 0 Å². The molecular weight excluding hydrogens is 180 g/mol. The summed E-state index contributed by atoms with van der Waals surface area (Å²) in [7, 11) is 0. The molecular formula is C9H16N4O. The minimum Gasteiger partial charge on any atom is -0.392 e. The van der Waals surface area contributed by atoms with Crippen LogP contribution in [-0.2, 0) is 6.42 Å². The van der Waals surface area contributed by atoms with Gasteiger partial charge in [0.1, 0.15) is 5.82 Å². The van der Waals surface area contributed by atoms with Gasteiger partial charge in [0.15, 0.2) is 5.82 Å². The Balaban J connectivity index is 2.02. The maximum Gasteiger partial charge on any atom is 0.167 e. The molecule has 2 atom stereocenters. The molecule has 0 aliphatic carbocycles. The van der Waals surface area contributed by atoms with Crippen molar-refractivity contribution in [3.63, 3.8) is 0 Å². The quantitative estimate of drug-likeness (QED) is 0.643. The Morgan fingerprint density at radius 2 is 2.43 bits per heavy atom. The summed E-state index contributed by atoms with van der Waals surface area (Å²) in [4.78, 5) is 4.38. The molecule has 1 aromatic rings. The van der Waals surface area contributed by atoms with Gasteiger partial charge < -0.3 is 10.4 Å². The van der Waals surface area contributed by atoms with Crippen LogP contribution < -0.4 is 5.32 Å². The van der Waals surface area contributed by atoms with Crippen LogP contribution in [0.3, 0.4) is 0 Å². The summed E-state index contributed by atoms with van der Waals surface area (Å²) in [6.45, 7) is 2.75. The van der Waals surface area contributed by atoms with Crippen LogP contribution in [0.5, 0.6) is 0 Å². The fourth-order valence-corrected chi connectivity index (χ4v) is 1.73. The van der Waals surface area contributed by atoms with Gasteiger partial charge in [0.2, 0.25) is 0 Å². The van der Waals surface area contributed by atoms with Crippen LogP contribution >= 0.6 is 0 Å². The summed E-state index contributed by atoms with van der Waals surface area (Å²) in [5.41, 5.74) is 0. The Kier molecular flexibility index (Phi) is 2.79. The Bertz CT molecular complexity index is 299. The van der Waals surface area contributed by atoms with Crippen molar-refractivity contribution in [3.8, 4) is 0 Å². The fourth-order valence-electron chi connectivity index (χ4n) is 1.73.